The van der Waals surface area contributed by atoms with Crippen LogP contribution in [0.1, 0.15) is 12.6 Å². The highest BCUT2D eigenvalue weighted by Crippen LogP contribution is 2.32. The van der Waals surface area contributed by atoms with Crippen molar-refractivity contribution in [1.29, 1.82) is 0 Å². The molecule has 9 heteroatoms. The smallest absolute Gasteiger partial charge is 0.167 e. The summed E-state index contributed by atoms with van der Waals surface area (Å²) in [6, 6.07) is 0. The van der Waals surface area contributed by atoms with Gasteiger partial charge in [0.1, 0.15) is 18.7 Å². The molecule has 0 radical (unpaired) electrons. The number of ether oxygens (including phenoxy) is 2. The number of fused-ring (bicyclic) bond motifs is 1. The number of anilines is 1. The topological polar surface area (TPSA) is 106 Å². The fourth-order valence-electron chi connectivity index (χ4n) is 3.11. The molecule has 2 aromatic heterocycles. The van der Waals surface area contributed by atoms with Crippen LogP contribution < -0.4 is 4.90 Å². The molecule has 0 amide bonds. The third kappa shape index (κ3) is 2.55. The van der Waals surface area contributed by atoms with E-state index in [1.165, 1.54) is 6.33 Å². The zero-order valence-electron chi connectivity index (χ0n) is 12.6. The Balaban J connectivity index is 1.68. The van der Waals surface area contributed by atoms with Gasteiger partial charge in [-0.3, -0.25) is 4.57 Å². The minimum absolute atomic E-state index is 0.210. The molecule has 0 saturated carbocycles. The van der Waals surface area contributed by atoms with E-state index >= 15 is 0 Å². The van der Waals surface area contributed by atoms with Gasteiger partial charge in [0.25, 0.3) is 0 Å². The van der Waals surface area contributed by atoms with E-state index < -0.39 is 12.2 Å². The normalized spacial score (nSPS) is 28.6. The molecule has 0 bridgehead atoms. The van der Waals surface area contributed by atoms with Gasteiger partial charge in [-0.1, -0.05) is 0 Å². The second-order valence-electron chi connectivity index (χ2n) is 5.74. The van der Waals surface area contributed by atoms with Gasteiger partial charge in [-0.05, 0) is 0 Å². The molecule has 3 atom stereocenters. The molecule has 2 N–H and O–H groups in total. The predicted molar refractivity (Wildman–Crippen MR) is 80.0 cm³/mol. The van der Waals surface area contributed by atoms with E-state index in [2.05, 4.69) is 19.9 Å². The van der Waals surface area contributed by atoms with E-state index in [0.717, 1.165) is 18.9 Å². The maximum atomic E-state index is 9.92. The van der Waals surface area contributed by atoms with Gasteiger partial charge in [-0.2, -0.15) is 0 Å². The van der Waals surface area contributed by atoms with Gasteiger partial charge in [-0.15, -0.1) is 0 Å². The number of aliphatic hydroxyl groups is 2. The Morgan fingerprint density at radius 3 is 2.78 bits per heavy atom. The molecular weight excluding hydrogens is 302 g/mol. The van der Waals surface area contributed by atoms with Crippen molar-refractivity contribution in [3.05, 3.63) is 12.7 Å². The Labute approximate surface area is 132 Å². The Hall–Kier alpha value is -1.81. The van der Waals surface area contributed by atoms with Crippen molar-refractivity contribution in [2.45, 2.75) is 24.9 Å². The molecule has 2 aromatic rings. The van der Waals surface area contributed by atoms with Crippen LogP contribution in [0.15, 0.2) is 12.7 Å². The van der Waals surface area contributed by atoms with E-state index in [1.807, 2.05) is 0 Å². The summed E-state index contributed by atoms with van der Waals surface area (Å²) in [5, 5.41) is 19.1. The maximum Gasteiger partial charge on any atom is 0.167 e. The van der Waals surface area contributed by atoms with Crippen molar-refractivity contribution in [1.82, 2.24) is 19.5 Å². The lowest BCUT2D eigenvalue weighted by Crippen LogP contribution is -2.37. The van der Waals surface area contributed by atoms with Crippen LogP contribution in [0.3, 0.4) is 0 Å². The summed E-state index contributed by atoms with van der Waals surface area (Å²) in [4.78, 5) is 15.3. The molecule has 0 unspecified atom stereocenters. The highest BCUT2D eigenvalue weighted by atomic mass is 16.5. The monoisotopic (exact) mass is 321 g/mol. The van der Waals surface area contributed by atoms with Crippen LogP contribution in [0.5, 0.6) is 0 Å². The first-order valence-electron chi connectivity index (χ1n) is 7.72. The lowest BCUT2D eigenvalue weighted by molar-refractivity contribution is -0.0432. The molecule has 2 saturated heterocycles. The molecule has 9 nitrogen and oxygen atoms in total. The van der Waals surface area contributed by atoms with Gasteiger partial charge >= 0.3 is 0 Å². The van der Waals surface area contributed by atoms with Crippen molar-refractivity contribution in [3.8, 4) is 0 Å². The molecule has 0 spiro atoms. The van der Waals surface area contributed by atoms with Crippen LogP contribution in [0, 0.1) is 0 Å². The van der Waals surface area contributed by atoms with Crippen molar-refractivity contribution < 1.29 is 19.7 Å². The van der Waals surface area contributed by atoms with Gasteiger partial charge in [0, 0.05) is 19.5 Å². The zero-order valence-corrected chi connectivity index (χ0v) is 12.6. The van der Waals surface area contributed by atoms with E-state index in [0.29, 0.717) is 30.8 Å². The number of nitrogens with zero attached hydrogens (tertiary/aromatic N) is 5. The first-order valence-corrected chi connectivity index (χ1v) is 7.72. The van der Waals surface area contributed by atoms with E-state index in [4.69, 9.17) is 9.47 Å². The molecule has 0 aliphatic carbocycles. The fourth-order valence-corrected chi connectivity index (χ4v) is 3.11. The first kappa shape index (κ1) is 14.8. The largest absolute Gasteiger partial charge is 0.394 e. The summed E-state index contributed by atoms with van der Waals surface area (Å²) >= 11 is 0. The summed E-state index contributed by atoms with van der Waals surface area (Å²) < 4.78 is 12.9. The van der Waals surface area contributed by atoms with E-state index in [-0.39, 0.29) is 12.8 Å². The summed E-state index contributed by atoms with van der Waals surface area (Å²) in [7, 11) is 0. The maximum absolute atomic E-state index is 9.92. The van der Waals surface area contributed by atoms with Crippen LogP contribution >= 0.6 is 0 Å². The molecule has 4 rings (SSSR count). The van der Waals surface area contributed by atoms with E-state index in [9.17, 15) is 10.2 Å². The van der Waals surface area contributed by atoms with Crippen LogP contribution in [-0.2, 0) is 9.47 Å². The van der Waals surface area contributed by atoms with Crippen molar-refractivity contribution in [3.63, 3.8) is 0 Å². The van der Waals surface area contributed by atoms with Gasteiger partial charge < -0.3 is 24.6 Å². The quantitative estimate of drug-likeness (QED) is 0.765. The predicted octanol–water partition coefficient (Wildman–Crippen LogP) is -0.696. The number of imidazole rings is 1. The van der Waals surface area contributed by atoms with Gasteiger partial charge in [0.05, 0.1) is 32.3 Å². The molecule has 124 valence electrons. The minimum Gasteiger partial charge on any atom is -0.394 e. The highest BCUT2D eigenvalue weighted by Gasteiger charge is 2.35. The third-order valence-corrected chi connectivity index (χ3v) is 4.34. The number of aromatic nitrogens is 4. The molecule has 4 heterocycles. The molecule has 2 aliphatic rings. The molecule has 0 aromatic carbocycles. The number of hydrogen-bond acceptors (Lipinski definition) is 8. The molecule has 23 heavy (non-hydrogen) atoms. The SMILES string of the molecule is OC[C@H]1O[C@H](n2cnc3c(N4CCOCC4)ncnc32)C[C@@H]1O. The fraction of sp³-hybridized carbons (Fsp3) is 0.643. The summed E-state index contributed by atoms with van der Waals surface area (Å²) in [5.41, 5.74) is 1.37. The molecule has 2 aliphatic heterocycles. The van der Waals surface area contributed by atoms with Crippen LogP contribution in [0.25, 0.3) is 11.2 Å². The zero-order chi connectivity index (χ0) is 15.8. The third-order valence-electron chi connectivity index (χ3n) is 4.34. The summed E-state index contributed by atoms with van der Waals surface area (Å²) in [6.45, 7) is 2.66. The lowest BCUT2D eigenvalue weighted by Gasteiger charge is -2.27. The molecule has 2 fully saturated rings. The first-order chi connectivity index (χ1) is 11.3. The van der Waals surface area contributed by atoms with Gasteiger partial charge in [0.15, 0.2) is 17.0 Å². The second-order valence-corrected chi connectivity index (χ2v) is 5.74. The van der Waals surface area contributed by atoms with Crippen molar-refractivity contribution in [2.75, 3.05) is 37.8 Å². The average molecular weight is 321 g/mol. The Morgan fingerprint density at radius 2 is 2.04 bits per heavy atom. The van der Waals surface area contributed by atoms with Crippen LogP contribution in [-0.4, -0.2) is 74.9 Å². The average Bonchev–Trinajstić information content (AvgIpc) is 3.18. The molecular formula is C14H19N5O4. The summed E-state index contributed by atoms with van der Waals surface area (Å²) in [6.07, 6.45) is 1.91. The Morgan fingerprint density at radius 1 is 1.22 bits per heavy atom. The van der Waals surface area contributed by atoms with Crippen LogP contribution in [0.2, 0.25) is 0 Å². The highest BCUT2D eigenvalue weighted by molar-refractivity contribution is 5.83. The number of morpholine rings is 1. The summed E-state index contributed by atoms with van der Waals surface area (Å²) in [5.74, 6) is 0.786. The van der Waals surface area contributed by atoms with Crippen molar-refractivity contribution in [2.24, 2.45) is 0 Å². The van der Waals surface area contributed by atoms with Gasteiger partial charge in [0.2, 0.25) is 0 Å². The standard InChI is InChI=1S/C14H19N5O4/c20-6-10-9(21)5-11(23-10)19-8-17-12-13(15-7-16-14(12)19)18-1-3-22-4-2-18/h7-11,20-21H,1-6H2/t9-,10+,11-/m0/s1. The van der Waals surface area contributed by atoms with Crippen LogP contribution in [0.4, 0.5) is 5.82 Å². The van der Waals surface area contributed by atoms with E-state index in [1.54, 1.807) is 10.9 Å². The van der Waals surface area contributed by atoms with Crippen molar-refractivity contribution >= 4 is 17.0 Å². The Bertz CT molecular complexity index is 687. The van der Waals surface area contributed by atoms with Gasteiger partial charge in [-0.25, -0.2) is 15.0 Å². The Kier molecular flexibility index (Phi) is 3.85. The number of rotatable bonds is 3. The minimum atomic E-state index is -0.692. The second kappa shape index (κ2) is 6.00. The lowest BCUT2D eigenvalue weighted by atomic mass is 10.2. The number of aliphatic hydroxyl groups excluding tert-OH is 2. The number of hydrogen-bond donors (Lipinski definition) is 2.